The van der Waals surface area contributed by atoms with Crippen LogP contribution in [0.4, 0.5) is 0 Å². The van der Waals surface area contributed by atoms with E-state index in [9.17, 15) is 19.2 Å². The summed E-state index contributed by atoms with van der Waals surface area (Å²) in [6.45, 7) is 3.63. The molecular formula is C17H30N2O4. The molecular weight excluding hydrogens is 296 g/mol. The van der Waals surface area contributed by atoms with Crippen molar-refractivity contribution in [3.8, 4) is 0 Å². The molecule has 23 heavy (non-hydrogen) atoms. The Morgan fingerprint density at radius 3 is 1.91 bits per heavy atom. The van der Waals surface area contributed by atoms with Gasteiger partial charge in [-0.1, -0.05) is 26.7 Å². The Bertz CT molecular complexity index is 407. The van der Waals surface area contributed by atoms with Crippen LogP contribution in [0.25, 0.3) is 0 Å². The SMILES string of the molecule is CCC(=O)CCCCCC(NC(=O)CCCC(=O)CC)C(N)=O. The van der Waals surface area contributed by atoms with E-state index in [1.165, 1.54) is 0 Å². The number of primary amides is 1. The summed E-state index contributed by atoms with van der Waals surface area (Å²) in [4.78, 5) is 45.5. The van der Waals surface area contributed by atoms with Gasteiger partial charge in [-0.15, -0.1) is 0 Å². The third-order valence-corrected chi connectivity index (χ3v) is 3.78. The number of hydrogen-bond donors (Lipinski definition) is 2. The van der Waals surface area contributed by atoms with Crippen molar-refractivity contribution in [1.29, 1.82) is 0 Å². The maximum Gasteiger partial charge on any atom is 0.239 e. The van der Waals surface area contributed by atoms with Crippen LogP contribution in [-0.2, 0) is 19.2 Å². The Kier molecular flexibility index (Phi) is 11.8. The zero-order valence-electron chi connectivity index (χ0n) is 14.4. The molecule has 0 radical (unpaired) electrons. The van der Waals surface area contributed by atoms with Crippen molar-refractivity contribution in [2.24, 2.45) is 5.73 Å². The first-order valence-electron chi connectivity index (χ1n) is 8.52. The van der Waals surface area contributed by atoms with Gasteiger partial charge in [-0.3, -0.25) is 19.2 Å². The number of carbonyl (C=O) groups is 4. The lowest BCUT2D eigenvalue weighted by Gasteiger charge is -2.15. The smallest absolute Gasteiger partial charge is 0.239 e. The number of hydrogen-bond acceptors (Lipinski definition) is 4. The Hall–Kier alpha value is -1.72. The summed E-state index contributed by atoms with van der Waals surface area (Å²) in [7, 11) is 0. The van der Waals surface area contributed by atoms with Crippen LogP contribution >= 0.6 is 0 Å². The lowest BCUT2D eigenvalue weighted by molar-refractivity contribution is -0.127. The van der Waals surface area contributed by atoms with Crippen molar-refractivity contribution in [1.82, 2.24) is 5.32 Å². The quantitative estimate of drug-likeness (QED) is 0.476. The lowest BCUT2D eigenvalue weighted by Crippen LogP contribution is -2.44. The van der Waals surface area contributed by atoms with Crippen molar-refractivity contribution in [2.75, 3.05) is 0 Å². The first kappa shape index (κ1) is 21.3. The predicted molar refractivity (Wildman–Crippen MR) is 88.7 cm³/mol. The number of nitrogens with two attached hydrogens (primary N) is 1. The second-order valence-electron chi connectivity index (χ2n) is 5.76. The number of carbonyl (C=O) groups excluding carboxylic acids is 4. The highest BCUT2D eigenvalue weighted by Crippen LogP contribution is 2.08. The van der Waals surface area contributed by atoms with Crippen LogP contribution in [0.15, 0.2) is 0 Å². The molecule has 6 heteroatoms. The van der Waals surface area contributed by atoms with Gasteiger partial charge in [-0.25, -0.2) is 0 Å². The average molecular weight is 326 g/mol. The molecule has 0 aliphatic carbocycles. The van der Waals surface area contributed by atoms with E-state index < -0.39 is 11.9 Å². The van der Waals surface area contributed by atoms with Crippen molar-refractivity contribution in [3.63, 3.8) is 0 Å². The van der Waals surface area contributed by atoms with Gasteiger partial charge in [0.1, 0.15) is 17.6 Å². The molecule has 3 N–H and O–H groups in total. The minimum atomic E-state index is -0.675. The molecule has 0 heterocycles. The molecule has 132 valence electrons. The molecule has 0 fully saturated rings. The average Bonchev–Trinajstić information content (AvgIpc) is 2.52. The molecule has 0 saturated carbocycles. The topological polar surface area (TPSA) is 106 Å². The van der Waals surface area contributed by atoms with Crippen LogP contribution in [0.3, 0.4) is 0 Å². The Labute approximate surface area is 138 Å². The van der Waals surface area contributed by atoms with E-state index in [1.54, 1.807) is 6.92 Å². The van der Waals surface area contributed by atoms with Crippen LogP contribution in [0.1, 0.15) is 78.1 Å². The first-order valence-corrected chi connectivity index (χ1v) is 8.52. The number of Topliss-reactive ketones (excluding diaryl/α,β-unsaturated/α-hetero) is 2. The second kappa shape index (κ2) is 12.8. The van der Waals surface area contributed by atoms with E-state index in [-0.39, 0.29) is 23.9 Å². The van der Waals surface area contributed by atoms with E-state index >= 15 is 0 Å². The Morgan fingerprint density at radius 2 is 1.39 bits per heavy atom. The van der Waals surface area contributed by atoms with Gasteiger partial charge in [0, 0.05) is 32.1 Å². The molecule has 0 rings (SSSR count). The van der Waals surface area contributed by atoms with Gasteiger partial charge in [0.25, 0.3) is 0 Å². The molecule has 0 aromatic heterocycles. The van der Waals surface area contributed by atoms with Gasteiger partial charge < -0.3 is 11.1 Å². The zero-order chi connectivity index (χ0) is 17.7. The van der Waals surface area contributed by atoms with E-state index in [4.69, 9.17) is 5.73 Å². The van der Waals surface area contributed by atoms with Crippen molar-refractivity contribution in [2.45, 2.75) is 84.1 Å². The number of unbranched alkanes of at least 4 members (excludes halogenated alkanes) is 2. The summed E-state index contributed by atoms with van der Waals surface area (Å²) in [5.74, 6) is -0.427. The van der Waals surface area contributed by atoms with E-state index in [0.29, 0.717) is 38.5 Å². The van der Waals surface area contributed by atoms with Crippen molar-refractivity contribution in [3.05, 3.63) is 0 Å². The summed E-state index contributed by atoms with van der Waals surface area (Å²) in [6.07, 6.45) is 5.54. The Balaban J connectivity index is 3.97. The third-order valence-electron chi connectivity index (χ3n) is 3.78. The third kappa shape index (κ3) is 11.5. The van der Waals surface area contributed by atoms with Crippen molar-refractivity contribution < 1.29 is 19.2 Å². The van der Waals surface area contributed by atoms with Gasteiger partial charge in [-0.2, -0.15) is 0 Å². The van der Waals surface area contributed by atoms with E-state index in [2.05, 4.69) is 5.32 Å². The van der Waals surface area contributed by atoms with Crippen LogP contribution in [-0.4, -0.2) is 29.4 Å². The predicted octanol–water partition coefficient (Wildman–Crippen LogP) is 2.04. The van der Waals surface area contributed by atoms with Crippen LogP contribution in [0.2, 0.25) is 0 Å². The highest BCUT2D eigenvalue weighted by molar-refractivity contribution is 5.86. The van der Waals surface area contributed by atoms with E-state index in [0.717, 1.165) is 19.3 Å². The van der Waals surface area contributed by atoms with Gasteiger partial charge in [0.15, 0.2) is 0 Å². The summed E-state index contributed by atoms with van der Waals surface area (Å²) >= 11 is 0. The highest BCUT2D eigenvalue weighted by Gasteiger charge is 2.17. The summed E-state index contributed by atoms with van der Waals surface area (Å²) < 4.78 is 0. The number of rotatable bonds is 14. The summed E-state index contributed by atoms with van der Waals surface area (Å²) in [6, 6.07) is -0.675. The molecule has 0 saturated heterocycles. The molecule has 0 bridgehead atoms. The maximum absolute atomic E-state index is 11.8. The van der Waals surface area contributed by atoms with E-state index in [1.807, 2.05) is 6.92 Å². The summed E-state index contributed by atoms with van der Waals surface area (Å²) in [5.41, 5.74) is 5.31. The number of ketones is 2. The van der Waals surface area contributed by atoms with Gasteiger partial charge in [-0.05, 0) is 19.3 Å². The molecule has 0 aromatic rings. The molecule has 0 spiro atoms. The monoisotopic (exact) mass is 326 g/mol. The standard InChI is InChI=1S/C17H30N2O4/c1-3-13(20)9-6-5-7-11-15(17(18)23)19-16(22)12-8-10-14(21)4-2/h15H,3-12H2,1-2H3,(H2,18,23)(H,19,22). The molecule has 0 aromatic carbocycles. The highest BCUT2D eigenvalue weighted by atomic mass is 16.2. The molecule has 2 amide bonds. The van der Waals surface area contributed by atoms with Crippen LogP contribution in [0.5, 0.6) is 0 Å². The fourth-order valence-electron chi connectivity index (χ4n) is 2.20. The van der Waals surface area contributed by atoms with Crippen LogP contribution in [0, 0.1) is 0 Å². The Morgan fingerprint density at radius 1 is 0.826 bits per heavy atom. The largest absolute Gasteiger partial charge is 0.368 e. The first-order chi connectivity index (χ1) is 10.9. The fourth-order valence-corrected chi connectivity index (χ4v) is 2.20. The van der Waals surface area contributed by atoms with Gasteiger partial charge in [0.05, 0.1) is 0 Å². The molecule has 1 atom stereocenters. The van der Waals surface area contributed by atoms with Crippen molar-refractivity contribution >= 4 is 23.4 Å². The van der Waals surface area contributed by atoms with Crippen LogP contribution < -0.4 is 11.1 Å². The molecule has 0 aliphatic rings. The maximum atomic E-state index is 11.8. The minimum absolute atomic E-state index is 0.130. The molecule has 6 nitrogen and oxygen atoms in total. The molecule has 1 unspecified atom stereocenters. The second-order valence-corrected chi connectivity index (χ2v) is 5.76. The summed E-state index contributed by atoms with van der Waals surface area (Å²) in [5, 5.41) is 2.63. The van der Waals surface area contributed by atoms with Gasteiger partial charge in [0.2, 0.25) is 11.8 Å². The zero-order valence-corrected chi connectivity index (χ0v) is 14.4. The fraction of sp³-hybridized carbons (Fsp3) is 0.765. The normalized spacial score (nSPS) is 11.7. The number of amides is 2. The molecule has 0 aliphatic heterocycles. The minimum Gasteiger partial charge on any atom is -0.368 e. The number of nitrogens with one attached hydrogen (secondary N) is 1. The van der Waals surface area contributed by atoms with Gasteiger partial charge >= 0.3 is 0 Å². The lowest BCUT2D eigenvalue weighted by atomic mass is 10.0.